The number of nitrogens with zero attached hydrogens (tertiary/aromatic N) is 1. The van der Waals surface area contributed by atoms with Crippen LogP contribution in [0.15, 0.2) is 30.5 Å². The Morgan fingerprint density at radius 1 is 1.47 bits per heavy atom. The maximum atomic E-state index is 5.63. The lowest BCUT2D eigenvalue weighted by atomic mass is 10.3. The molecule has 0 bridgehead atoms. The van der Waals surface area contributed by atoms with Crippen LogP contribution in [0.4, 0.5) is 5.69 Å². The smallest absolute Gasteiger partial charge is 0.146 e. The van der Waals surface area contributed by atoms with Crippen molar-refractivity contribution in [3.63, 3.8) is 0 Å². The van der Waals surface area contributed by atoms with Gasteiger partial charge in [0.2, 0.25) is 0 Å². The molecule has 2 aromatic rings. The Kier molecular flexibility index (Phi) is 2.58. The first kappa shape index (κ1) is 9.58. The number of aromatic amines is 1. The summed E-state index contributed by atoms with van der Waals surface area (Å²) in [5.41, 5.74) is 7.35. The summed E-state index contributed by atoms with van der Waals surface area (Å²) in [6.07, 6.45) is 1.78. The number of benzene rings is 1. The van der Waals surface area contributed by atoms with Crippen molar-refractivity contribution in [1.29, 1.82) is 0 Å². The monoisotopic (exact) mass is 203 g/mol. The van der Waals surface area contributed by atoms with Gasteiger partial charge in [-0.15, -0.1) is 0 Å². The number of aryl methyl sites for hydroxylation is 1. The zero-order valence-electron chi connectivity index (χ0n) is 8.53. The molecule has 0 unspecified atom stereocenters. The predicted molar refractivity (Wildman–Crippen MR) is 58.5 cm³/mol. The molecule has 0 fully saturated rings. The summed E-state index contributed by atoms with van der Waals surface area (Å²) in [6.45, 7) is 2.38. The largest absolute Gasteiger partial charge is 0.486 e. The van der Waals surface area contributed by atoms with Gasteiger partial charge < -0.3 is 15.5 Å². The number of anilines is 1. The van der Waals surface area contributed by atoms with Gasteiger partial charge in [0.25, 0.3) is 0 Å². The Morgan fingerprint density at radius 2 is 2.33 bits per heavy atom. The lowest BCUT2D eigenvalue weighted by molar-refractivity contribution is 0.297. The summed E-state index contributed by atoms with van der Waals surface area (Å²) in [7, 11) is 0. The van der Waals surface area contributed by atoms with Crippen molar-refractivity contribution in [2.24, 2.45) is 0 Å². The SMILES string of the molecule is Cc1cnc(COc2cccc(N)c2)[nH]1. The Morgan fingerprint density at radius 3 is 3.00 bits per heavy atom. The van der Waals surface area contributed by atoms with Crippen LogP contribution in [0.25, 0.3) is 0 Å². The van der Waals surface area contributed by atoms with E-state index < -0.39 is 0 Å². The number of nitrogens with one attached hydrogen (secondary N) is 1. The Balaban J connectivity index is 1.99. The molecule has 0 radical (unpaired) electrons. The van der Waals surface area contributed by atoms with Gasteiger partial charge in [-0.25, -0.2) is 4.98 Å². The fourth-order valence-corrected chi connectivity index (χ4v) is 1.30. The summed E-state index contributed by atoms with van der Waals surface area (Å²) < 4.78 is 5.51. The summed E-state index contributed by atoms with van der Waals surface area (Å²) in [5, 5.41) is 0. The standard InChI is InChI=1S/C11H13N3O/c1-8-6-13-11(14-8)7-15-10-4-2-3-9(12)5-10/h2-6H,7,12H2,1H3,(H,13,14). The molecular formula is C11H13N3O. The van der Waals surface area contributed by atoms with Gasteiger partial charge in [-0.1, -0.05) is 6.07 Å². The molecule has 4 nitrogen and oxygen atoms in total. The Labute approximate surface area is 88.1 Å². The zero-order valence-corrected chi connectivity index (χ0v) is 8.53. The van der Waals surface area contributed by atoms with E-state index in [-0.39, 0.29) is 0 Å². The highest BCUT2D eigenvalue weighted by Crippen LogP contribution is 2.15. The number of nitrogens with two attached hydrogens (primary N) is 1. The first-order valence-electron chi connectivity index (χ1n) is 4.73. The van der Waals surface area contributed by atoms with Crippen molar-refractivity contribution in [2.75, 3.05) is 5.73 Å². The zero-order chi connectivity index (χ0) is 10.7. The van der Waals surface area contributed by atoms with Gasteiger partial charge in [-0.05, 0) is 19.1 Å². The van der Waals surface area contributed by atoms with Crippen LogP contribution in [0, 0.1) is 6.92 Å². The second-order valence-electron chi connectivity index (χ2n) is 3.37. The minimum Gasteiger partial charge on any atom is -0.486 e. The molecule has 0 spiro atoms. The molecule has 15 heavy (non-hydrogen) atoms. The first-order valence-corrected chi connectivity index (χ1v) is 4.73. The van der Waals surface area contributed by atoms with Gasteiger partial charge >= 0.3 is 0 Å². The Bertz CT molecular complexity index is 451. The molecule has 0 atom stereocenters. The summed E-state index contributed by atoms with van der Waals surface area (Å²) >= 11 is 0. The van der Waals surface area contributed by atoms with Crippen LogP contribution in [-0.4, -0.2) is 9.97 Å². The van der Waals surface area contributed by atoms with Crippen LogP contribution in [0.2, 0.25) is 0 Å². The quantitative estimate of drug-likeness (QED) is 0.748. The van der Waals surface area contributed by atoms with Crippen molar-refractivity contribution >= 4 is 5.69 Å². The van der Waals surface area contributed by atoms with E-state index >= 15 is 0 Å². The molecule has 1 heterocycles. The number of ether oxygens (including phenoxy) is 1. The molecule has 1 aromatic carbocycles. The average Bonchev–Trinajstić information content (AvgIpc) is 2.62. The van der Waals surface area contributed by atoms with Crippen LogP contribution in [0.5, 0.6) is 5.75 Å². The average molecular weight is 203 g/mol. The fourth-order valence-electron chi connectivity index (χ4n) is 1.30. The van der Waals surface area contributed by atoms with E-state index in [4.69, 9.17) is 10.5 Å². The van der Waals surface area contributed by atoms with E-state index in [1.54, 1.807) is 12.3 Å². The van der Waals surface area contributed by atoms with Crippen molar-refractivity contribution in [3.8, 4) is 5.75 Å². The van der Waals surface area contributed by atoms with Gasteiger partial charge in [0.15, 0.2) is 0 Å². The minimum absolute atomic E-state index is 0.428. The summed E-state index contributed by atoms with van der Waals surface area (Å²) in [4.78, 5) is 7.23. The van der Waals surface area contributed by atoms with Gasteiger partial charge in [0.1, 0.15) is 18.2 Å². The highest BCUT2D eigenvalue weighted by Gasteiger charge is 1.99. The number of nitrogen functional groups attached to an aromatic ring is 1. The van der Waals surface area contributed by atoms with Gasteiger partial charge in [0, 0.05) is 23.6 Å². The van der Waals surface area contributed by atoms with Crippen molar-refractivity contribution in [1.82, 2.24) is 9.97 Å². The second kappa shape index (κ2) is 4.04. The summed E-state index contributed by atoms with van der Waals surface area (Å²) in [5.74, 6) is 1.57. The lowest BCUT2D eigenvalue weighted by Gasteiger charge is -2.04. The molecule has 3 N–H and O–H groups in total. The Hall–Kier alpha value is -1.97. The minimum atomic E-state index is 0.428. The van der Waals surface area contributed by atoms with Crippen LogP contribution < -0.4 is 10.5 Å². The highest BCUT2D eigenvalue weighted by molar-refractivity contribution is 5.43. The topological polar surface area (TPSA) is 63.9 Å². The summed E-state index contributed by atoms with van der Waals surface area (Å²) in [6, 6.07) is 7.34. The number of imidazole rings is 1. The van der Waals surface area contributed by atoms with E-state index in [1.807, 2.05) is 25.1 Å². The molecule has 0 aliphatic rings. The molecule has 0 aliphatic carbocycles. The third kappa shape index (κ3) is 2.49. The molecule has 1 aromatic heterocycles. The molecule has 4 heteroatoms. The third-order valence-corrected chi connectivity index (χ3v) is 1.99. The van der Waals surface area contributed by atoms with Gasteiger partial charge in [-0.3, -0.25) is 0 Å². The molecular weight excluding hydrogens is 190 g/mol. The van der Waals surface area contributed by atoms with Crippen LogP contribution in [0.3, 0.4) is 0 Å². The van der Waals surface area contributed by atoms with Crippen molar-refractivity contribution in [2.45, 2.75) is 13.5 Å². The molecule has 0 amide bonds. The highest BCUT2D eigenvalue weighted by atomic mass is 16.5. The van der Waals surface area contributed by atoms with Crippen molar-refractivity contribution < 1.29 is 4.74 Å². The maximum Gasteiger partial charge on any atom is 0.146 e. The van der Waals surface area contributed by atoms with Crippen molar-refractivity contribution in [3.05, 3.63) is 42.0 Å². The molecule has 0 saturated heterocycles. The molecule has 2 rings (SSSR count). The van der Waals surface area contributed by atoms with Crippen LogP contribution >= 0.6 is 0 Å². The van der Waals surface area contributed by atoms with E-state index in [2.05, 4.69) is 9.97 Å². The number of hydrogen-bond acceptors (Lipinski definition) is 3. The van der Waals surface area contributed by atoms with E-state index in [0.717, 1.165) is 17.3 Å². The maximum absolute atomic E-state index is 5.63. The number of H-pyrrole nitrogens is 1. The third-order valence-electron chi connectivity index (χ3n) is 1.99. The molecule has 78 valence electrons. The van der Waals surface area contributed by atoms with Gasteiger partial charge in [0.05, 0.1) is 0 Å². The molecule has 0 aliphatic heterocycles. The first-order chi connectivity index (χ1) is 7.24. The van der Waals surface area contributed by atoms with E-state index in [9.17, 15) is 0 Å². The predicted octanol–water partition coefficient (Wildman–Crippen LogP) is 1.88. The van der Waals surface area contributed by atoms with Crippen LogP contribution in [-0.2, 0) is 6.61 Å². The normalized spacial score (nSPS) is 10.2. The van der Waals surface area contributed by atoms with Crippen LogP contribution in [0.1, 0.15) is 11.5 Å². The number of aromatic nitrogens is 2. The molecule has 0 saturated carbocycles. The number of rotatable bonds is 3. The second-order valence-corrected chi connectivity index (χ2v) is 3.37. The van der Waals surface area contributed by atoms with Gasteiger partial charge in [-0.2, -0.15) is 0 Å². The number of hydrogen-bond donors (Lipinski definition) is 2. The lowest BCUT2D eigenvalue weighted by Crippen LogP contribution is -1.98. The fraction of sp³-hybridized carbons (Fsp3) is 0.182. The van der Waals surface area contributed by atoms with E-state index in [1.165, 1.54) is 0 Å². The van der Waals surface area contributed by atoms with E-state index in [0.29, 0.717) is 12.3 Å².